The molecule has 0 fully saturated rings. The van der Waals surface area contributed by atoms with E-state index in [1.54, 1.807) is 25.1 Å². The first kappa shape index (κ1) is 18.6. The molecule has 0 spiro atoms. The van der Waals surface area contributed by atoms with Crippen molar-refractivity contribution in [2.75, 3.05) is 5.32 Å². The number of aryl methyl sites for hydroxylation is 1. The van der Waals surface area contributed by atoms with Crippen LogP contribution in [-0.4, -0.2) is 25.5 Å². The highest BCUT2D eigenvalue weighted by Crippen LogP contribution is 2.36. The lowest BCUT2D eigenvalue weighted by atomic mass is 10.0. The zero-order valence-corrected chi connectivity index (χ0v) is 15.1. The summed E-state index contributed by atoms with van der Waals surface area (Å²) in [7, 11) is 0. The molecule has 0 saturated heterocycles. The molecule has 0 aliphatic carbocycles. The van der Waals surface area contributed by atoms with Gasteiger partial charge in [-0.05, 0) is 31.2 Å². The number of aromatic nitrogens is 4. The largest absolute Gasteiger partial charge is 0.417 e. The van der Waals surface area contributed by atoms with Gasteiger partial charge in [0.05, 0.1) is 17.5 Å². The van der Waals surface area contributed by atoms with Crippen LogP contribution in [0.15, 0.2) is 60.9 Å². The fourth-order valence-electron chi connectivity index (χ4n) is 2.92. The molecule has 29 heavy (non-hydrogen) atoms. The number of nitrogens with zero attached hydrogens (tertiary/aromatic N) is 4. The van der Waals surface area contributed by atoms with Crippen LogP contribution in [0.1, 0.15) is 21.7 Å². The lowest BCUT2D eigenvalue weighted by Crippen LogP contribution is -2.14. The monoisotopic (exact) mass is 397 g/mol. The zero-order chi connectivity index (χ0) is 20.6. The van der Waals surface area contributed by atoms with Crippen LogP contribution in [0.25, 0.3) is 16.9 Å². The smallest absolute Gasteiger partial charge is 0.316 e. The lowest BCUT2D eigenvalue weighted by Gasteiger charge is -2.12. The van der Waals surface area contributed by atoms with Gasteiger partial charge in [0.2, 0.25) is 0 Å². The summed E-state index contributed by atoms with van der Waals surface area (Å²) in [4.78, 5) is 20.9. The van der Waals surface area contributed by atoms with E-state index in [0.29, 0.717) is 5.69 Å². The predicted molar refractivity (Wildman–Crippen MR) is 100 cm³/mol. The third-order valence-corrected chi connectivity index (χ3v) is 4.25. The molecule has 0 aliphatic heterocycles. The third-order valence-electron chi connectivity index (χ3n) is 4.25. The molecule has 4 aromatic rings. The van der Waals surface area contributed by atoms with Crippen molar-refractivity contribution >= 4 is 17.2 Å². The van der Waals surface area contributed by atoms with Crippen molar-refractivity contribution in [2.24, 2.45) is 0 Å². The summed E-state index contributed by atoms with van der Waals surface area (Å²) in [5, 5.41) is 6.75. The van der Waals surface area contributed by atoms with Crippen LogP contribution in [0.3, 0.4) is 0 Å². The number of nitrogens with one attached hydrogen (secondary N) is 1. The third kappa shape index (κ3) is 3.66. The molecule has 9 heteroatoms. The van der Waals surface area contributed by atoms with E-state index in [9.17, 15) is 18.0 Å². The Morgan fingerprint density at radius 2 is 1.83 bits per heavy atom. The molecule has 1 N–H and O–H groups in total. The van der Waals surface area contributed by atoms with Crippen molar-refractivity contribution in [3.63, 3.8) is 0 Å². The molecule has 4 rings (SSSR count). The predicted octanol–water partition coefficient (Wildman–Crippen LogP) is 4.37. The number of halogens is 3. The van der Waals surface area contributed by atoms with Gasteiger partial charge in [0.25, 0.3) is 5.91 Å². The van der Waals surface area contributed by atoms with Crippen LogP contribution in [-0.2, 0) is 6.18 Å². The van der Waals surface area contributed by atoms with E-state index >= 15 is 0 Å². The molecule has 3 heterocycles. The second-order valence-electron chi connectivity index (χ2n) is 6.30. The molecule has 6 nitrogen and oxygen atoms in total. The SMILES string of the molecule is Cc1cccc(C(=O)Nc2cnn3ccc(-c4ccccc4C(F)(F)F)nc23)n1. The number of carbonyl (C=O) groups is 1. The Morgan fingerprint density at radius 3 is 2.59 bits per heavy atom. The van der Waals surface area contributed by atoms with Crippen LogP contribution in [0.4, 0.5) is 18.9 Å². The minimum Gasteiger partial charge on any atom is -0.316 e. The minimum atomic E-state index is -4.52. The number of hydrogen-bond acceptors (Lipinski definition) is 4. The number of benzene rings is 1. The standard InChI is InChI=1S/C20H14F3N5O/c1-12-5-4-8-16(25-12)19(29)27-17-11-24-28-10-9-15(26-18(17)28)13-6-2-3-7-14(13)20(21,22)23/h2-11H,1H3,(H,27,29). The van der Waals surface area contributed by atoms with Crippen molar-refractivity contribution in [2.45, 2.75) is 13.1 Å². The summed E-state index contributed by atoms with van der Waals surface area (Å²) < 4.78 is 41.4. The number of anilines is 1. The van der Waals surface area contributed by atoms with E-state index in [0.717, 1.165) is 6.07 Å². The Morgan fingerprint density at radius 1 is 1.03 bits per heavy atom. The second kappa shape index (κ2) is 7.01. The van der Waals surface area contributed by atoms with Crippen molar-refractivity contribution in [3.8, 4) is 11.3 Å². The first-order chi connectivity index (χ1) is 13.8. The Balaban J connectivity index is 1.74. The average Bonchev–Trinajstić information content (AvgIpc) is 3.09. The van der Waals surface area contributed by atoms with Gasteiger partial charge in [-0.3, -0.25) is 4.79 Å². The van der Waals surface area contributed by atoms with Gasteiger partial charge in [-0.25, -0.2) is 14.5 Å². The zero-order valence-electron chi connectivity index (χ0n) is 15.1. The van der Waals surface area contributed by atoms with Gasteiger partial charge in [-0.2, -0.15) is 18.3 Å². The van der Waals surface area contributed by atoms with Crippen LogP contribution < -0.4 is 5.32 Å². The highest BCUT2D eigenvalue weighted by molar-refractivity contribution is 6.04. The molecule has 0 atom stereocenters. The Hall–Kier alpha value is -3.75. The molecule has 146 valence electrons. The molecule has 0 saturated carbocycles. The number of alkyl halides is 3. The molecule has 0 radical (unpaired) electrons. The molecule has 1 aromatic carbocycles. The van der Waals surface area contributed by atoms with Gasteiger partial charge >= 0.3 is 6.18 Å². The number of amides is 1. The van der Waals surface area contributed by atoms with Crippen molar-refractivity contribution in [1.29, 1.82) is 0 Å². The number of carbonyl (C=O) groups excluding carboxylic acids is 1. The molecule has 0 unspecified atom stereocenters. The quantitative estimate of drug-likeness (QED) is 0.557. The van der Waals surface area contributed by atoms with Crippen LogP contribution in [0, 0.1) is 6.92 Å². The highest BCUT2D eigenvalue weighted by atomic mass is 19.4. The van der Waals surface area contributed by atoms with E-state index in [2.05, 4.69) is 20.4 Å². The summed E-state index contributed by atoms with van der Waals surface area (Å²) in [6.45, 7) is 1.76. The molecule has 1 amide bonds. The molecule has 0 aliphatic rings. The fourth-order valence-corrected chi connectivity index (χ4v) is 2.92. The molecule has 3 aromatic heterocycles. The van der Waals surface area contributed by atoms with Crippen molar-refractivity contribution in [1.82, 2.24) is 19.6 Å². The number of hydrogen-bond donors (Lipinski definition) is 1. The van der Waals surface area contributed by atoms with E-state index in [1.165, 1.54) is 41.2 Å². The van der Waals surface area contributed by atoms with E-state index in [-0.39, 0.29) is 28.3 Å². The van der Waals surface area contributed by atoms with Crippen LogP contribution in [0.2, 0.25) is 0 Å². The van der Waals surface area contributed by atoms with Gasteiger partial charge in [0, 0.05) is 17.5 Å². The number of fused-ring (bicyclic) bond motifs is 1. The maximum atomic E-state index is 13.4. The van der Waals surface area contributed by atoms with Gasteiger partial charge < -0.3 is 5.32 Å². The first-order valence-electron chi connectivity index (χ1n) is 8.59. The van der Waals surface area contributed by atoms with Crippen LogP contribution in [0.5, 0.6) is 0 Å². The number of pyridine rings is 1. The summed E-state index contributed by atoms with van der Waals surface area (Å²) in [5.74, 6) is -0.466. The molecule has 0 bridgehead atoms. The minimum absolute atomic E-state index is 0.0543. The van der Waals surface area contributed by atoms with E-state index < -0.39 is 17.6 Å². The normalized spacial score (nSPS) is 11.6. The maximum Gasteiger partial charge on any atom is 0.417 e. The fraction of sp³-hybridized carbons (Fsp3) is 0.100. The Kier molecular flexibility index (Phi) is 4.50. The number of rotatable bonds is 3. The maximum absolute atomic E-state index is 13.4. The molecular weight excluding hydrogens is 383 g/mol. The van der Waals surface area contributed by atoms with Crippen molar-refractivity contribution in [3.05, 3.63) is 77.9 Å². The van der Waals surface area contributed by atoms with E-state index in [1.807, 2.05) is 0 Å². The topological polar surface area (TPSA) is 72.2 Å². The van der Waals surface area contributed by atoms with Gasteiger partial charge in [0.15, 0.2) is 5.65 Å². The summed E-state index contributed by atoms with van der Waals surface area (Å²) >= 11 is 0. The first-order valence-corrected chi connectivity index (χ1v) is 8.59. The molecular formula is C20H14F3N5O. The van der Waals surface area contributed by atoms with Crippen LogP contribution >= 0.6 is 0 Å². The average molecular weight is 397 g/mol. The summed E-state index contributed by atoms with van der Waals surface area (Å²) in [6.07, 6.45) is -1.64. The van der Waals surface area contributed by atoms with Gasteiger partial charge in [0.1, 0.15) is 11.4 Å². The summed E-state index contributed by atoms with van der Waals surface area (Å²) in [5.41, 5.74) is 0.664. The Bertz CT molecular complexity index is 1220. The van der Waals surface area contributed by atoms with Crippen molar-refractivity contribution < 1.29 is 18.0 Å². The second-order valence-corrected chi connectivity index (χ2v) is 6.30. The Labute approximate surface area is 163 Å². The van der Waals surface area contributed by atoms with Gasteiger partial charge in [-0.1, -0.05) is 24.3 Å². The summed E-state index contributed by atoms with van der Waals surface area (Å²) in [6, 6.07) is 11.7. The van der Waals surface area contributed by atoms with E-state index in [4.69, 9.17) is 0 Å². The highest BCUT2D eigenvalue weighted by Gasteiger charge is 2.33. The van der Waals surface area contributed by atoms with Gasteiger partial charge in [-0.15, -0.1) is 0 Å². The lowest BCUT2D eigenvalue weighted by molar-refractivity contribution is -0.137.